The van der Waals surface area contributed by atoms with Gasteiger partial charge in [-0.25, -0.2) is 0 Å². The first-order valence-corrected chi connectivity index (χ1v) is 8.26. The van der Waals surface area contributed by atoms with Crippen LogP contribution < -0.4 is 4.90 Å². The minimum atomic E-state index is -0.317. The van der Waals surface area contributed by atoms with E-state index in [0.717, 1.165) is 29.9 Å². The standard InChI is InChI=1S/C19H19NO4/c1-23-19(22)14-8-10-20(16-5-3-2-4-13(14)16)18(21)15-9-11-24-17(15)12-6-7-12/h2-5,9,11-12,14H,6-8,10H2,1H3/t14-/m1/s1. The Morgan fingerprint density at radius 3 is 2.71 bits per heavy atom. The maximum absolute atomic E-state index is 13.1. The summed E-state index contributed by atoms with van der Waals surface area (Å²) < 4.78 is 10.5. The molecule has 4 rings (SSSR count). The third kappa shape index (κ3) is 2.40. The van der Waals surface area contributed by atoms with E-state index in [9.17, 15) is 9.59 Å². The third-order valence-corrected chi connectivity index (χ3v) is 4.85. The molecule has 0 bridgehead atoms. The molecule has 1 atom stereocenters. The second kappa shape index (κ2) is 5.82. The van der Waals surface area contributed by atoms with Gasteiger partial charge in [0.1, 0.15) is 5.76 Å². The van der Waals surface area contributed by atoms with E-state index in [1.54, 1.807) is 17.2 Å². The number of carbonyl (C=O) groups excluding carboxylic acids is 2. The van der Waals surface area contributed by atoms with E-state index in [0.29, 0.717) is 24.4 Å². The Balaban J connectivity index is 1.70. The van der Waals surface area contributed by atoms with E-state index in [1.165, 1.54) is 7.11 Å². The van der Waals surface area contributed by atoms with Crippen molar-refractivity contribution in [1.82, 2.24) is 0 Å². The molecule has 5 heteroatoms. The average Bonchev–Trinajstić information content (AvgIpc) is 3.36. The molecule has 0 radical (unpaired) electrons. The number of hydrogen-bond donors (Lipinski definition) is 0. The number of carbonyl (C=O) groups is 2. The van der Waals surface area contributed by atoms with E-state index in [2.05, 4.69) is 0 Å². The lowest BCUT2D eigenvalue weighted by molar-refractivity contribution is -0.142. The van der Waals surface area contributed by atoms with Gasteiger partial charge in [0.2, 0.25) is 0 Å². The molecule has 2 aliphatic rings. The number of para-hydroxylation sites is 1. The zero-order valence-corrected chi connectivity index (χ0v) is 13.5. The van der Waals surface area contributed by atoms with Crippen molar-refractivity contribution in [2.75, 3.05) is 18.6 Å². The van der Waals surface area contributed by atoms with Gasteiger partial charge in [0, 0.05) is 18.2 Å². The molecule has 1 amide bonds. The molecular formula is C19H19NO4. The lowest BCUT2D eigenvalue weighted by atomic mass is 9.89. The molecule has 0 saturated heterocycles. The molecule has 1 aliphatic heterocycles. The van der Waals surface area contributed by atoms with Crippen LogP contribution in [-0.2, 0) is 9.53 Å². The number of methoxy groups -OCH3 is 1. The van der Waals surface area contributed by atoms with Crippen LogP contribution in [0.25, 0.3) is 0 Å². The fourth-order valence-corrected chi connectivity index (χ4v) is 3.46. The predicted octanol–water partition coefficient (Wildman–Crippen LogP) is 3.46. The van der Waals surface area contributed by atoms with Crippen molar-refractivity contribution in [1.29, 1.82) is 0 Å². The van der Waals surface area contributed by atoms with Crippen LogP contribution in [0, 0.1) is 0 Å². The Hall–Kier alpha value is -2.56. The number of amides is 1. The fraction of sp³-hybridized carbons (Fsp3) is 0.368. The first-order chi connectivity index (χ1) is 11.7. The normalized spacial score (nSPS) is 19.7. The highest BCUT2D eigenvalue weighted by atomic mass is 16.5. The third-order valence-electron chi connectivity index (χ3n) is 4.85. The van der Waals surface area contributed by atoms with Crippen molar-refractivity contribution < 1.29 is 18.7 Å². The van der Waals surface area contributed by atoms with Crippen molar-refractivity contribution in [2.45, 2.75) is 31.1 Å². The second-order valence-corrected chi connectivity index (χ2v) is 6.35. The summed E-state index contributed by atoms with van der Waals surface area (Å²) in [5, 5.41) is 0. The van der Waals surface area contributed by atoms with Gasteiger partial charge in [0.25, 0.3) is 5.91 Å². The van der Waals surface area contributed by atoms with E-state index < -0.39 is 0 Å². The van der Waals surface area contributed by atoms with Crippen LogP contribution in [0.2, 0.25) is 0 Å². The number of rotatable bonds is 3. The Labute approximate surface area is 140 Å². The number of nitrogens with zero attached hydrogens (tertiary/aromatic N) is 1. The quantitative estimate of drug-likeness (QED) is 0.811. The van der Waals surface area contributed by atoms with Crippen LogP contribution >= 0.6 is 0 Å². The number of anilines is 1. The van der Waals surface area contributed by atoms with Gasteiger partial charge in [-0.2, -0.15) is 0 Å². The van der Waals surface area contributed by atoms with Gasteiger partial charge in [-0.05, 0) is 37.0 Å². The minimum Gasteiger partial charge on any atom is -0.469 e. The highest BCUT2D eigenvalue weighted by Crippen LogP contribution is 2.43. The molecule has 1 aliphatic carbocycles. The van der Waals surface area contributed by atoms with Gasteiger partial charge in [-0.3, -0.25) is 9.59 Å². The smallest absolute Gasteiger partial charge is 0.313 e. The summed E-state index contributed by atoms with van der Waals surface area (Å²) in [5.74, 6) is 0.551. The molecule has 1 fully saturated rings. The Bertz CT molecular complexity index is 790. The molecule has 2 aromatic rings. The van der Waals surface area contributed by atoms with Crippen molar-refractivity contribution in [3.05, 3.63) is 53.5 Å². The molecule has 1 saturated carbocycles. The molecule has 24 heavy (non-hydrogen) atoms. The van der Waals surface area contributed by atoms with Crippen molar-refractivity contribution in [2.24, 2.45) is 0 Å². The maximum Gasteiger partial charge on any atom is 0.313 e. The zero-order chi connectivity index (χ0) is 16.7. The van der Waals surface area contributed by atoms with Crippen LogP contribution in [0.15, 0.2) is 41.0 Å². The first-order valence-electron chi connectivity index (χ1n) is 8.26. The molecule has 0 N–H and O–H groups in total. The molecule has 124 valence electrons. The van der Waals surface area contributed by atoms with Crippen LogP contribution in [0.5, 0.6) is 0 Å². The van der Waals surface area contributed by atoms with Crippen molar-refractivity contribution in [3.8, 4) is 0 Å². The average molecular weight is 325 g/mol. The van der Waals surface area contributed by atoms with E-state index in [1.807, 2.05) is 24.3 Å². The summed E-state index contributed by atoms with van der Waals surface area (Å²) in [6, 6.07) is 9.31. The van der Waals surface area contributed by atoms with Crippen LogP contribution in [0.1, 0.15) is 52.8 Å². The van der Waals surface area contributed by atoms with Gasteiger partial charge in [-0.15, -0.1) is 0 Å². The summed E-state index contributed by atoms with van der Waals surface area (Å²) in [5.41, 5.74) is 2.27. The monoisotopic (exact) mass is 325 g/mol. The summed E-state index contributed by atoms with van der Waals surface area (Å²) in [6.07, 6.45) is 4.31. The zero-order valence-electron chi connectivity index (χ0n) is 13.5. The van der Waals surface area contributed by atoms with E-state index in [4.69, 9.17) is 9.15 Å². The Morgan fingerprint density at radius 2 is 1.96 bits per heavy atom. The van der Waals surface area contributed by atoms with Crippen LogP contribution in [0.3, 0.4) is 0 Å². The largest absolute Gasteiger partial charge is 0.469 e. The van der Waals surface area contributed by atoms with Gasteiger partial charge in [-0.1, -0.05) is 18.2 Å². The van der Waals surface area contributed by atoms with Crippen molar-refractivity contribution in [3.63, 3.8) is 0 Å². The number of benzene rings is 1. The minimum absolute atomic E-state index is 0.0542. The van der Waals surface area contributed by atoms with Gasteiger partial charge < -0.3 is 14.1 Å². The number of hydrogen-bond acceptors (Lipinski definition) is 4. The summed E-state index contributed by atoms with van der Waals surface area (Å²) in [4.78, 5) is 26.9. The SMILES string of the molecule is COC(=O)[C@@H]1CCN(C(=O)c2ccoc2C2CC2)c2ccccc21. The van der Waals surface area contributed by atoms with Crippen LogP contribution in [0.4, 0.5) is 5.69 Å². The number of furan rings is 1. The summed E-state index contributed by atoms with van der Waals surface area (Å²) in [6.45, 7) is 0.491. The van der Waals surface area contributed by atoms with Gasteiger partial charge in [0.15, 0.2) is 0 Å². The lowest BCUT2D eigenvalue weighted by Gasteiger charge is -2.33. The highest BCUT2D eigenvalue weighted by Gasteiger charge is 2.37. The molecule has 5 nitrogen and oxygen atoms in total. The first kappa shape index (κ1) is 15.0. The fourth-order valence-electron chi connectivity index (χ4n) is 3.46. The molecule has 0 unspecified atom stereocenters. The highest BCUT2D eigenvalue weighted by molar-refractivity contribution is 6.08. The van der Waals surface area contributed by atoms with Crippen molar-refractivity contribution >= 4 is 17.6 Å². The number of esters is 1. The number of fused-ring (bicyclic) bond motifs is 1. The lowest BCUT2D eigenvalue weighted by Crippen LogP contribution is -2.38. The van der Waals surface area contributed by atoms with Crippen LogP contribution in [-0.4, -0.2) is 25.5 Å². The van der Waals surface area contributed by atoms with Gasteiger partial charge in [0.05, 0.1) is 24.9 Å². The Morgan fingerprint density at radius 1 is 1.17 bits per heavy atom. The molecular weight excluding hydrogens is 306 g/mol. The molecule has 1 aromatic carbocycles. The molecule has 2 heterocycles. The topological polar surface area (TPSA) is 59.8 Å². The predicted molar refractivity (Wildman–Crippen MR) is 88.2 cm³/mol. The Kier molecular flexibility index (Phi) is 3.63. The summed E-state index contributed by atoms with van der Waals surface area (Å²) >= 11 is 0. The second-order valence-electron chi connectivity index (χ2n) is 6.35. The van der Waals surface area contributed by atoms with E-state index >= 15 is 0 Å². The molecule has 0 spiro atoms. The van der Waals surface area contributed by atoms with Gasteiger partial charge >= 0.3 is 5.97 Å². The number of ether oxygens (including phenoxy) is 1. The summed E-state index contributed by atoms with van der Waals surface area (Å²) in [7, 11) is 1.40. The molecule has 1 aromatic heterocycles. The van der Waals surface area contributed by atoms with E-state index in [-0.39, 0.29) is 17.8 Å². The maximum atomic E-state index is 13.1.